The maximum absolute atomic E-state index is 12.8. The van der Waals surface area contributed by atoms with E-state index in [0.717, 1.165) is 49.7 Å². The van der Waals surface area contributed by atoms with Crippen molar-refractivity contribution < 1.29 is 19.1 Å². The van der Waals surface area contributed by atoms with E-state index in [1.807, 2.05) is 24.3 Å². The van der Waals surface area contributed by atoms with Gasteiger partial charge in [-0.05, 0) is 64.5 Å². The van der Waals surface area contributed by atoms with Crippen LogP contribution in [0.2, 0.25) is 0 Å². The number of nitrogens with one attached hydrogen (secondary N) is 4. The molecule has 2 aliphatic rings. The molecule has 0 aliphatic carbocycles. The minimum atomic E-state index is -0.385. The summed E-state index contributed by atoms with van der Waals surface area (Å²) in [5.41, 5.74) is 1.65. The Hall–Kier alpha value is -2.32. The Labute approximate surface area is 254 Å². The maximum Gasteiger partial charge on any atom is 0.407 e. The number of benzene rings is 1. The zero-order chi connectivity index (χ0) is 31.3. The summed E-state index contributed by atoms with van der Waals surface area (Å²) in [5.74, 6) is 0.410. The first kappa shape index (κ1) is 34.2. The lowest BCUT2D eigenvalue weighted by molar-refractivity contribution is -0.0379. The molecule has 238 valence electrons. The van der Waals surface area contributed by atoms with Crippen LogP contribution in [-0.4, -0.2) is 46.6 Å². The highest BCUT2D eigenvalue weighted by molar-refractivity contribution is 5.68. The highest BCUT2D eigenvalue weighted by Crippen LogP contribution is 2.40. The van der Waals surface area contributed by atoms with E-state index in [1.54, 1.807) is 0 Å². The molecule has 8 unspecified atom stereocenters. The minimum Gasteiger partial charge on any atom is -0.446 e. The molecule has 2 heterocycles. The van der Waals surface area contributed by atoms with Crippen LogP contribution < -0.4 is 21.3 Å². The second-order valence-corrected chi connectivity index (χ2v) is 14.0. The first-order chi connectivity index (χ1) is 19.6. The van der Waals surface area contributed by atoms with E-state index in [0.29, 0.717) is 13.1 Å². The molecule has 2 saturated heterocycles. The highest BCUT2D eigenvalue weighted by Gasteiger charge is 2.49. The second-order valence-electron chi connectivity index (χ2n) is 14.0. The molecule has 0 saturated carbocycles. The Morgan fingerprint density at radius 2 is 1.02 bits per heavy atom. The predicted octanol–water partition coefficient (Wildman–Crippen LogP) is 6.81. The van der Waals surface area contributed by atoms with Gasteiger partial charge in [0.15, 0.2) is 0 Å². The molecule has 3 rings (SSSR count). The van der Waals surface area contributed by atoms with Gasteiger partial charge in [-0.25, -0.2) is 9.59 Å². The molecular weight excluding hydrogens is 528 g/mol. The molecule has 4 N–H and O–H groups in total. The van der Waals surface area contributed by atoms with Gasteiger partial charge in [-0.15, -0.1) is 0 Å². The molecule has 2 fully saturated rings. The third kappa shape index (κ3) is 7.98. The highest BCUT2D eigenvalue weighted by atomic mass is 16.6. The van der Waals surface area contributed by atoms with Crippen molar-refractivity contribution in [2.75, 3.05) is 0 Å². The summed E-state index contributed by atoms with van der Waals surface area (Å²) in [7, 11) is 0. The molecular formula is C34H58N4O4. The first-order valence-corrected chi connectivity index (χ1v) is 16.2. The third-order valence-electron chi connectivity index (χ3n) is 11.0. The van der Waals surface area contributed by atoms with E-state index in [1.165, 1.54) is 0 Å². The predicted molar refractivity (Wildman–Crippen MR) is 169 cm³/mol. The van der Waals surface area contributed by atoms with Gasteiger partial charge < -0.3 is 30.7 Å². The van der Waals surface area contributed by atoms with Gasteiger partial charge in [0.05, 0.1) is 0 Å². The first-order valence-electron chi connectivity index (χ1n) is 16.2. The SMILES string of the molecule is CCC1(C)CC(OC(=O)NCc2ccc(CNC(=O)OC3CC(C)(CC)NC(C)(CC)C3C)cc2)C(C)C(C)(CC)N1. The van der Waals surface area contributed by atoms with E-state index in [2.05, 4.69) is 90.5 Å². The summed E-state index contributed by atoms with van der Waals surface area (Å²) in [5, 5.41) is 13.5. The van der Waals surface area contributed by atoms with Gasteiger partial charge in [-0.3, -0.25) is 0 Å². The van der Waals surface area contributed by atoms with E-state index >= 15 is 0 Å². The fraction of sp³-hybridized carbons (Fsp3) is 0.765. The normalized spacial score (nSPS) is 36.6. The Balaban J connectivity index is 1.48. The van der Waals surface area contributed by atoms with Gasteiger partial charge >= 0.3 is 12.2 Å². The number of hydrogen-bond acceptors (Lipinski definition) is 6. The average molecular weight is 587 g/mol. The molecule has 1 aromatic carbocycles. The van der Waals surface area contributed by atoms with Gasteiger partial charge in [0.25, 0.3) is 0 Å². The number of alkyl carbamates (subject to hydrolysis) is 2. The van der Waals surface area contributed by atoms with Crippen LogP contribution in [0, 0.1) is 11.8 Å². The van der Waals surface area contributed by atoms with Gasteiger partial charge in [-0.2, -0.15) is 0 Å². The second kappa shape index (κ2) is 13.5. The molecule has 42 heavy (non-hydrogen) atoms. The van der Waals surface area contributed by atoms with Crippen LogP contribution in [0.3, 0.4) is 0 Å². The summed E-state index contributed by atoms with van der Waals surface area (Å²) in [6.45, 7) is 22.7. The number of piperidine rings is 2. The van der Waals surface area contributed by atoms with Gasteiger partial charge in [0.2, 0.25) is 0 Å². The number of amides is 2. The Morgan fingerprint density at radius 1 is 0.690 bits per heavy atom. The zero-order valence-corrected chi connectivity index (χ0v) is 27.9. The van der Waals surface area contributed by atoms with Crippen LogP contribution >= 0.6 is 0 Å². The number of carbonyl (C=O) groups excluding carboxylic acids is 2. The number of carbonyl (C=O) groups is 2. The van der Waals surface area contributed by atoms with Crippen LogP contribution in [0.4, 0.5) is 9.59 Å². The van der Waals surface area contributed by atoms with Crippen molar-refractivity contribution in [3.8, 4) is 0 Å². The number of rotatable bonds is 10. The fourth-order valence-electron chi connectivity index (χ4n) is 6.83. The summed E-state index contributed by atoms with van der Waals surface area (Å²) >= 11 is 0. The molecule has 0 aromatic heterocycles. The molecule has 0 bridgehead atoms. The van der Waals surface area contributed by atoms with E-state index in [9.17, 15) is 9.59 Å². The minimum absolute atomic E-state index is 0.0590. The van der Waals surface area contributed by atoms with Crippen molar-refractivity contribution in [3.05, 3.63) is 35.4 Å². The summed E-state index contributed by atoms with van der Waals surface area (Å²) in [6, 6.07) is 7.86. The molecule has 2 aliphatic heterocycles. The van der Waals surface area contributed by atoms with Crippen molar-refractivity contribution in [2.45, 2.75) is 155 Å². The van der Waals surface area contributed by atoms with Gasteiger partial charge in [0.1, 0.15) is 12.2 Å². The van der Waals surface area contributed by atoms with E-state index in [4.69, 9.17) is 9.47 Å². The Morgan fingerprint density at radius 3 is 1.31 bits per heavy atom. The van der Waals surface area contributed by atoms with Crippen LogP contribution in [0.1, 0.15) is 119 Å². The van der Waals surface area contributed by atoms with Crippen molar-refractivity contribution in [2.24, 2.45) is 11.8 Å². The molecule has 8 atom stereocenters. The average Bonchev–Trinajstić information content (AvgIpc) is 2.96. The maximum atomic E-state index is 12.8. The molecule has 0 spiro atoms. The lowest BCUT2D eigenvalue weighted by Crippen LogP contribution is -2.66. The van der Waals surface area contributed by atoms with Crippen LogP contribution in [0.25, 0.3) is 0 Å². The van der Waals surface area contributed by atoms with Crippen molar-refractivity contribution >= 4 is 12.2 Å². The smallest absolute Gasteiger partial charge is 0.407 e. The molecule has 0 radical (unpaired) electrons. The topological polar surface area (TPSA) is 101 Å². The van der Waals surface area contributed by atoms with E-state index in [-0.39, 0.29) is 58.4 Å². The molecule has 8 nitrogen and oxygen atoms in total. The monoisotopic (exact) mass is 586 g/mol. The van der Waals surface area contributed by atoms with Gasteiger partial charge in [0, 0.05) is 59.9 Å². The molecule has 2 amide bonds. The number of ether oxygens (including phenoxy) is 2. The van der Waals surface area contributed by atoms with Crippen LogP contribution in [0.15, 0.2) is 24.3 Å². The van der Waals surface area contributed by atoms with Crippen molar-refractivity contribution in [1.82, 2.24) is 21.3 Å². The third-order valence-corrected chi connectivity index (χ3v) is 11.0. The Bertz CT molecular complexity index is 983. The fourth-order valence-corrected chi connectivity index (χ4v) is 6.83. The summed E-state index contributed by atoms with van der Waals surface area (Å²) in [6.07, 6.45) is 4.42. The quantitative estimate of drug-likeness (QED) is 0.240. The van der Waals surface area contributed by atoms with Gasteiger partial charge in [-0.1, -0.05) is 65.8 Å². The largest absolute Gasteiger partial charge is 0.446 e. The molecule has 1 aromatic rings. The summed E-state index contributed by atoms with van der Waals surface area (Å²) in [4.78, 5) is 25.5. The standard InChI is InChI=1S/C34H58N4O4/c1-11-31(7)19-27(23(5)33(9,13-3)37-31)41-29(39)35-21-25-15-17-26(18-16-25)22-36-30(40)42-28-20-32(8,12-2)38-34(10,14-4)24(28)6/h15-18,23-24,27-28,37-38H,11-14,19-22H2,1-10H3,(H,35,39)(H,36,40). The van der Waals surface area contributed by atoms with Crippen molar-refractivity contribution in [1.29, 1.82) is 0 Å². The Kier molecular flexibility index (Phi) is 11.0. The van der Waals surface area contributed by atoms with Crippen molar-refractivity contribution in [3.63, 3.8) is 0 Å². The van der Waals surface area contributed by atoms with Crippen LogP contribution in [0.5, 0.6) is 0 Å². The molecule has 8 heteroatoms. The van der Waals surface area contributed by atoms with Crippen LogP contribution in [-0.2, 0) is 22.6 Å². The lowest BCUT2D eigenvalue weighted by Gasteiger charge is -2.52. The zero-order valence-electron chi connectivity index (χ0n) is 27.9. The van der Waals surface area contributed by atoms with E-state index < -0.39 is 0 Å². The lowest BCUT2D eigenvalue weighted by atomic mass is 9.70. The summed E-state index contributed by atoms with van der Waals surface area (Å²) < 4.78 is 11.9. The number of hydrogen-bond donors (Lipinski definition) is 4.